The zero-order chi connectivity index (χ0) is 21.9. The molecule has 1 aromatic rings. The zero-order valence-corrected chi connectivity index (χ0v) is 22.1. The summed E-state index contributed by atoms with van der Waals surface area (Å²) in [5.41, 5.74) is -0.455. The second kappa shape index (κ2) is 13.9. The van der Waals surface area contributed by atoms with Gasteiger partial charge in [0.25, 0.3) is 0 Å². The molecule has 0 aliphatic heterocycles. The van der Waals surface area contributed by atoms with E-state index in [1.807, 2.05) is 27.7 Å². The van der Waals surface area contributed by atoms with Gasteiger partial charge in [0.2, 0.25) is 5.89 Å². The summed E-state index contributed by atoms with van der Waals surface area (Å²) in [6, 6.07) is 0. The Morgan fingerprint density at radius 1 is 1.10 bits per heavy atom. The first-order chi connectivity index (χ1) is 13.5. The monoisotopic (exact) mass is 536 g/mol. The van der Waals surface area contributed by atoms with Gasteiger partial charge in [0, 0.05) is 24.9 Å². The number of oxazole rings is 1. The van der Waals surface area contributed by atoms with Gasteiger partial charge in [-0.2, -0.15) is 0 Å². The molecule has 8 heteroatoms. The fourth-order valence-electron chi connectivity index (χ4n) is 2.57. The maximum atomic E-state index is 11.7. The molecule has 0 amide bonds. The number of halogens is 1. The van der Waals surface area contributed by atoms with E-state index in [0.29, 0.717) is 18.9 Å². The maximum absolute atomic E-state index is 11.7. The first-order valence-electron chi connectivity index (χ1n) is 10.7. The average molecular weight is 536 g/mol. The van der Waals surface area contributed by atoms with Crippen LogP contribution in [0.2, 0.25) is 0 Å². The number of nitrogens with one attached hydrogen (secondary N) is 2. The summed E-state index contributed by atoms with van der Waals surface area (Å²) in [7, 11) is 0. The smallest absolute Gasteiger partial charge is 0.306 e. The average Bonchev–Trinajstić information content (AvgIpc) is 3.06. The molecule has 0 radical (unpaired) electrons. The lowest BCUT2D eigenvalue weighted by Gasteiger charge is -2.19. The maximum Gasteiger partial charge on any atom is 0.306 e. The van der Waals surface area contributed by atoms with Crippen molar-refractivity contribution in [2.75, 3.05) is 13.1 Å². The minimum absolute atomic E-state index is 0. The van der Waals surface area contributed by atoms with Crippen molar-refractivity contribution in [2.24, 2.45) is 4.99 Å². The van der Waals surface area contributed by atoms with Gasteiger partial charge in [-0.25, -0.2) is 9.98 Å². The second-order valence-corrected chi connectivity index (χ2v) is 9.24. The van der Waals surface area contributed by atoms with Crippen molar-refractivity contribution >= 4 is 35.9 Å². The summed E-state index contributed by atoms with van der Waals surface area (Å²) in [6.07, 6.45) is 6.23. The Morgan fingerprint density at radius 2 is 1.77 bits per heavy atom. The Morgan fingerprint density at radius 3 is 2.33 bits per heavy atom. The van der Waals surface area contributed by atoms with E-state index in [9.17, 15) is 4.79 Å². The predicted molar refractivity (Wildman–Crippen MR) is 132 cm³/mol. The van der Waals surface area contributed by atoms with Gasteiger partial charge >= 0.3 is 5.97 Å². The van der Waals surface area contributed by atoms with Gasteiger partial charge in [0.1, 0.15) is 17.9 Å². The van der Waals surface area contributed by atoms with Crippen molar-refractivity contribution in [1.29, 1.82) is 0 Å². The second-order valence-electron chi connectivity index (χ2n) is 9.24. The molecule has 1 rings (SSSR count). The minimum Gasteiger partial charge on any atom is -0.460 e. The SMILES string of the molecule is CCNC(=NCc1ncc(C(C)(C)C)o1)NCCCCCCC(=O)OC(C)(C)C.I. The quantitative estimate of drug-likeness (QED) is 0.145. The van der Waals surface area contributed by atoms with Crippen LogP contribution in [-0.4, -0.2) is 35.6 Å². The van der Waals surface area contributed by atoms with E-state index in [4.69, 9.17) is 9.15 Å². The molecule has 0 aliphatic rings. The summed E-state index contributed by atoms with van der Waals surface area (Å²) in [5, 5.41) is 6.57. The van der Waals surface area contributed by atoms with Crippen LogP contribution in [0.1, 0.15) is 92.2 Å². The van der Waals surface area contributed by atoms with E-state index in [1.54, 1.807) is 6.20 Å². The number of aliphatic imine (C=N–C) groups is 1. The molecule has 0 unspecified atom stereocenters. The Labute approximate surface area is 199 Å². The summed E-state index contributed by atoms with van der Waals surface area (Å²) < 4.78 is 11.1. The number of esters is 1. The molecular weight excluding hydrogens is 495 g/mol. The highest BCUT2D eigenvalue weighted by Crippen LogP contribution is 2.22. The van der Waals surface area contributed by atoms with E-state index >= 15 is 0 Å². The molecule has 30 heavy (non-hydrogen) atoms. The topological polar surface area (TPSA) is 88.8 Å². The first-order valence-corrected chi connectivity index (χ1v) is 10.7. The summed E-state index contributed by atoms with van der Waals surface area (Å²) >= 11 is 0. The molecule has 174 valence electrons. The number of rotatable bonds is 10. The Kier molecular flexibility index (Phi) is 13.3. The van der Waals surface area contributed by atoms with Crippen molar-refractivity contribution in [2.45, 2.75) is 98.1 Å². The molecule has 1 aromatic heterocycles. The van der Waals surface area contributed by atoms with Crippen molar-refractivity contribution in [3.63, 3.8) is 0 Å². The molecule has 0 atom stereocenters. The number of carbonyl (C=O) groups is 1. The highest BCUT2D eigenvalue weighted by atomic mass is 127. The zero-order valence-electron chi connectivity index (χ0n) is 19.8. The molecule has 0 saturated carbocycles. The van der Waals surface area contributed by atoms with Gasteiger partial charge in [0.05, 0.1) is 6.20 Å². The standard InChI is InChI=1S/C22H40N4O3.HI/c1-8-23-20(26-16-18-25-15-17(28-18)21(2,3)4)24-14-12-10-9-11-13-19(27)29-22(5,6)7;/h15H,8-14,16H2,1-7H3,(H2,23,24,26);1H. The number of hydrogen-bond donors (Lipinski definition) is 2. The van der Waals surface area contributed by atoms with Crippen LogP contribution < -0.4 is 10.6 Å². The van der Waals surface area contributed by atoms with E-state index in [2.05, 4.69) is 41.4 Å². The fourth-order valence-corrected chi connectivity index (χ4v) is 2.57. The van der Waals surface area contributed by atoms with Gasteiger partial charge in [-0.3, -0.25) is 4.79 Å². The Balaban J connectivity index is 0.00000841. The lowest BCUT2D eigenvalue weighted by Crippen LogP contribution is -2.37. The highest BCUT2D eigenvalue weighted by molar-refractivity contribution is 14.0. The van der Waals surface area contributed by atoms with Gasteiger partial charge in [-0.1, -0.05) is 33.6 Å². The van der Waals surface area contributed by atoms with Gasteiger partial charge in [-0.15, -0.1) is 24.0 Å². The molecule has 2 N–H and O–H groups in total. The van der Waals surface area contributed by atoms with Crippen LogP contribution in [0.4, 0.5) is 0 Å². The van der Waals surface area contributed by atoms with E-state index in [0.717, 1.165) is 50.5 Å². The summed E-state index contributed by atoms with van der Waals surface area (Å²) in [5.74, 6) is 2.14. The third-order valence-corrected chi connectivity index (χ3v) is 4.03. The minimum atomic E-state index is -0.400. The van der Waals surface area contributed by atoms with Crippen molar-refractivity contribution in [3.05, 3.63) is 17.8 Å². The molecule has 0 aromatic carbocycles. The molecular formula is C22H41IN4O3. The summed E-state index contributed by atoms with van der Waals surface area (Å²) in [6.45, 7) is 16.0. The lowest BCUT2D eigenvalue weighted by molar-refractivity contribution is -0.154. The van der Waals surface area contributed by atoms with Crippen LogP contribution in [0.15, 0.2) is 15.6 Å². The molecule has 7 nitrogen and oxygen atoms in total. The molecule has 1 heterocycles. The Bertz CT molecular complexity index is 646. The number of unbranched alkanes of at least 4 members (excludes halogenated alkanes) is 3. The number of ether oxygens (including phenoxy) is 1. The number of nitrogens with zero attached hydrogens (tertiary/aromatic N) is 2. The normalized spacial score (nSPS) is 12.3. The molecule has 0 bridgehead atoms. The molecule has 0 spiro atoms. The highest BCUT2D eigenvalue weighted by Gasteiger charge is 2.19. The third kappa shape index (κ3) is 13.1. The van der Waals surface area contributed by atoms with Crippen molar-refractivity contribution in [1.82, 2.24) is 15.6 Å². The first kappa shape index (κ1) is 28.7. The summed E-state index contributed by atoms with van der Waals surface area (Å²) in [4.78, 5) is 20.5. The number of hydrogen-bond acceptors (Lipinski definition) is 5. The molecule has 0 saturated heterocycles. The third-order valence-electron chi connectivity index (χ3n) is 4.03. The fraction of sp³-hybridized carbons (Fsp3) is 0.773. The van der Waals surface area contributed by atoms with Crippen LogP contribution in [0.3, 0.4) is 0 Å². The van der Waals surface area contributed by atoms with Crippen LogP contribution >= 0.6 is 24.0 Å². The molecule has 0 fully saturated rings. The van der Waals surface area contributed by atoms with Crippen LogP contribution in [-0.2, 0) is 21.5 Å². The van der Waals surface area contributed by atoms with Crippen LogP contribution in [0, 0.1) is 0 Å². The number of aromatic nitrogens is 1. The van der Waals surface area contributed by atoms with Gasteiger partial charge < -0.3 is 19.8 Å². The molecule has 0 aliphatic carbocycles. The van der Waals surface area contributed by atoms with Crippen molar-refractivity contribution in [3.8, 4) is 0 Å². The van der Waals surface area contributed by atoms with Gasteiger partial charge in [-0.05, 0) is 40.5 Å². The largest absolute Gasteiger partial charge is 0.460 e. The number of guanidine groups is 1. The van der Waals surface area contributed by atoms with E-state index < -0.39 is 5.60 Å². The lowest BCUT2D eigenvalue weighted by atomic mass is 9.94. The predicted octanol–water partition coefficient (Wildman–Crippen LogP) is 4.94. The van der Waals surface area contributed by atoms with Crippen LogP contribution in [0.25, 0.3) is 0 Å². The van der Waals surface area contributed by atoms with Crippen molar-refractivity contribution < 1.29 is 13.9 Å². The van der Waals surface area contributed by atoms with Crippen LogP contribution in [0.5, 0.6) is 0 Å². The van der Waals surface area contributed by atoms with E-state index in [1.165, 1.54) is 0 Å². The van der Waals surface area contributed by atoms with Gasteiger partial charge in [0.15, 0.2) is 5.96 Å². The van der Waals surface area contributed by atoms with E-state index in [-0.39, 0.29) is 35.4 Å². The Hall–Kier alpha value is -1.32. The number of carbonyl (C=O) groups excluding carboxylic acids is 1.